The van der Waals surface area contributed by atoms with Crippen LogP contribution in [-0.2, 0) is 0 Å². The molecule has 0 unspecified atom stereocenters. The van der Waals surface area contributed by atoms with E-state index in [1.165, 1.54) is 7.11 Å². The van der Waals surface area contributed by atoms with E-state index in [1.54, 1.807) is 54.5 Å². The van der Waals surface area contributed by atoms with Gasteiger partial charge in [-0.3, -0.25) is 9.69 Å². The molecule has 0 fully saturated rings. The molecule has 1 aliphatic heterocycles. The highest BCUT2D eigenvalue weighted by Crippen LogP contribution is 2.44. The first-order valence-electron chi connectivity index (χ1n) is 9.94. The minimum absolute atomic E-state index is 0.0469. The second kappa shape index (κ2) is 8.47. The average molecular weight is 420 g/mol. The van der Waals surface area contributed by atoms with Crippen molar-refractivity contribution < 1.29 is 24.1 Å². The largest absolute Gasteiger partial charge is 0.508 e. The highest BCUT2D eigenvalue weighted by atomic mass is 16.5. The number of para-hydroxylation sites is 1. The Bertz CT molecular complexity index is 1110. The molecule has 0 aliphatic carbocycles. The average Bonchev–Trinajstić information content (AvgIpc) is 2.80. The molecule has 0 saturated heterocycles. The highest BCUT2D eigenvalue weighted by Gasteiger charge is 2.37. The fourth-order valence-electron chi connectivity index (χ4n) is 3.71. The Morgan fingerprint density at radius 3 is 2.52 bits per heavy atom. The van der Waals surface area contributed by atoms with Gasteiger partial charge in [0.1, 0.15) is 29.2 Å². The lowest BCUT2D eigenvalue weighted by atomic mass is 10.0. The van der Waals surface area contributed by atoms with E-state index in [-0.39, 0.29) is 11.7 Å². The summed E-state index contributed by atoms with van der Waals surface area (Å²) in [5.41, 5.74) is 2.26. The Hall–Kier alpha value is -3.87. The summed E-state index contributed by atoms with van der Waals surface area (Å²) >= 11 is 0. The fourth-order valence-corrected chi connectivity index (χ4v) is 3.71. The van der Waals surface area contributed by atoms with Gasteiger partial charge in [0.25, 0.3) is 5.91 Å². The van der Waals surface area contributed by atoms with Crippen LogP contribution in [0.3, 0.4) is 0 Å². The van der Waals surface area contributed by atoms with Crippen molar-refractivity contribution in [2.45, 2.75) is 13.1 Å². The Morgan fingerprint density at radius 1 is 1.00 bits per heavy atom. The van der Waals surface area contributed by atoms with Crippen LogP contribution in [0.25, 0.3) is 0 Å². The third-order valence-electron chi connectivity index (χ3n) is 5.18. The molecule has 0 bridgehead atoms. The number of phenols is 1. The van der Waals surface area contributed by atoms with E-state index in [0.717, 1.165) is 0 Å². The van der Waals surface area contributed by atoms with Crippen LogP contribution in [0.4, 0.5) is 11.4 Å². The summed E-state index contributed by atoms with van der Waals surface area (Å²) in [6, 6.07) is 17.5. The standard InChI is InChI=1S/C24H24N2O5/c1-4-31-16-10-12-21(27)18(13-16)23-25-19-8-6-5-7-17(19)24(28)26(23)20-11-9-15(29-2)14-22(20)30-3/h5-14,23,25,27H,4H2,1-3H3/t23-/m0/s1. The van der Waals surface area contributed by atoms with Gasteiger partial charge in [-0.1, -0.05) is 12.1 Å². The maximum Gasteiger partial charge on any atom is 0.262 e. The van der Waals surface area contributed by atoms with E-state index in [1.807, 2.05) is 25.1 Å². The number of hydrogen-bond donors (Lipinski definition) is 2. The molecule has 3 aromatic rings. The van der Waals surface area contributed by atoms with Gasteiger partial charge in [-0.15, -0.1) is 0 Å². The quantitative estimate of drug-likeness (QED) is 0.608. The predicted octanol–water partition coefficient (Wildman–Crippen LogP) is 4.58. The van der Waals surface area contributed by atoms with Crippen LogP contribution < -0.4 is 24.4 Å². The van der Waals surface area contributed by atoms with Crippen LogP contribution >= 0.6 is 0 Å². The van der Waals surface area contributed by atoms with Crippen LogP contribution in [0.1, 0.15) is 29.0 Å². The van der Waals surface area contributed by atoms with Crippen molar-refractivity contribution in [3.63, 3.8) is 0 Å². The van der Waals surface area contributed by atoms with Crippen molar-refractivity contribution in [2.75, 3.05) is 31.0 Å². The minimum atomic E-state index is -0.690. The lowest BCUT2D eigenvalue weighted by Crippen LogP contribution is -2.43. The van der Waals surface area contributed by atoms with Crippen LogP contribution in [-0.4, -0.2) is 31.8 Å². The Labute approximate surface area is 180 Å². The zero-order chi connectivity index (χ0) is 22.0. The van der Waals surface area contributed by atoms with Gasteiger partial charge in [0.05, 0.1) is 32.1 Å². The number of carbonyl (C=O) groups excluding carboxylic acids is 1. The van der Waals surface area contributed by atoms with E-state index in [4.69, 9.17) is 14.2 Å². The maximum atomic E-state index is 13.6. The van der Waals surface area contributed by atoms with E-state index in [9.17, 15) is 9.90 Å². The molecule has 0 saturated carbocycles. The SMILES string of the molecule is CCOc1ccc(O)c([C@H]2Nc3ccccc3C(=O)N2c2ccc(OC)cc2OC)c1. The number of phenolic OH excluding ortho intramolecular Hbond substituents is 1. The molecule has 160 valence electrons. The van der Waals surface area contributed by atoms with Crippen molar-refractivity contribution in [1.82, 2.24) is 0 Å². The molecule has 1 amide bonds. The minimum Gasteiger partial charge on any atom is -0.508 e. The lowest BCUT2D eigenvalue weighted by Gasteiger charge is -2.38. The molecule has 3 aromatic carbocycles. The molecule has 31 heavy (non-hydrogen) atoms. The van der Waals surface area contributed by atoms with Crippen LogP contribution in [0, 0.1) is 0 Å². The molecular weight excluding hydrogens is 396 g/mol. The molecule has 4 rings (SSSR count). The van der Waals surface area contributed by atoms with Crippen molar-refractivity contribution in [3.05, 3.63) is 71.8 Å². The number of amides is 1. The molecule has 0 radical (unpaired) electrons. The van der Waals surface area contributed by atoms with Crippen LogP contribution in [0.15, 0.2) is 60.7 Å². The molecule has 2 N–H and O–H groups in total. The number of benzene rings is 3. The predicted molar refractivity (Wildman–Crippen MR) is 118 cm³/mol. The zero-order valence-corrected chi connectivity index (χ0v) is 17.6. The van der Waals surface area contributed by atoms with Gasteiger partial charge in [-0.2, -0.15) is 0 Å². The summed E-state index contributed by atoms with van der Waals surface area (Å²) in [6.07, 6.45) is -0.690. The third-order valence-corrected chi connectivity index (χ3v) is 5.18. The van der Waals surface area contributed by atoms with E-state index in [0.29, 0.717) is 46.4 Å². The second-order valence-corrected chi connectivity index (χ2v) is 6.96. The summed E-state index contributed by atoms with van der Waals surface area (Å²) in [7, 11) is 3.11. The number of fused-ring (bicyclic) bond motifs is 1. The van der Waals surface area contributed by atoms with Gasteiger partial charge in [-0.05, 0) is 49.4 Å². The monoisotopic (exact) mass is 420 g/mol. The summed E-state index contributed by atoms with van der Waals surface area (Å²) in [4.78, 5) is 15.2. The molecule has 0 spiro atoms. The number of nitrogens with one attached hydrogen (secondary N) is 1. The summed E-state index contributed by atoms with van der Waals surface area (Å²) in [6.45, 7) is 2.37. The number of methoxy groups -OCH3 is 2. The molecule has 7 heteroatoms. The summed E-state index contributed by atoms with van der Waals surface area (Å²) < 4.78 is 16.5. The van der Waals surface area contributed by atoms with E-state index >= 15 is 0 Å². The normalized spacial score (nSPS) is 15.1. The smallest absolute Gasteiger partial charge is 0.262 e. The Morgan fingerprint density at radius 2 is 1.77 bits per heavy atom. The third kappa shape index (κ3) is 3.70. The molecule has 0 aromatic heterocycles. The zero-order valence-electron chi connectivity index (χ0n) is 17.6. The van der Waals surface area contributed by atoms with Gasteiger partial charge < -0.3 is 24.6 Å². The number of carbonyl (C=O) groups is 1. The van der Waals surface area contributed by atoms with Crippen molar-refractivity contribution in [2.24, 2.45) is 0 Å². The first-order chi connectivity index (χ1) is 15.1. The van der Waals surface area contributed by atoms with Crippen molar-refractivity contribution in [1.29, 1.82) is 0 Å². The van der Waals surface area contributed by atoms with Gasteiger partial charge in [-0.25, -0.2) is 0 Å². The Balaban J connectivity index is 1.90. The van der Waals surface area contributed by atoms with Crippen LogP contribution in [0.2, 0.25) is 0 Å². The van der Waals surface area contributed by atoms with Gasteiger partial charge in [0, 0.05) is 17.3 Å². The van der Waals surface area contributed by atoms with Crippen molar-refractivity contribution in [3.8, 4) is 23.0 Å². The lowest BCUT2D eigenvalue weighted by molar-refractivity contribution is 0.0974. The van der Waals surface area contributed by atoms with Gasteiger partial charge >= 0.3 is 0 Å². The molecule has 1 aliphatic rings. The number of nitrogens with zero attached hydrogens (tertiary/aromatic N) is 1. The Kier molecular flexibility index (Phi) is 5.58. The maximum absolute atomic E-state index is 13.6. The molecule has 1 atom stereocenters. The first-order valence-corrected chi connectivity index (χ1v) is 9.94. The number of aromatic hydroxyl groups is 1. The first kappa shape index (κ1) is 20.4. The number of hydrogen-bond acceptors (Lipinski definition) is 6. The summed E-state index contributed by atoms with van der Waals surface area (Å²) in [5, 5.41) is 14.1. The molecule has 1 heterocycles. The molecular formula is C24H24N2O5. The van der Waals surface area contributed by atoms with E-state index < -0.39 is 6.17 Å². The number of ether oxygens (including phenoxy) is 3. The van der Waals surface area contributed by atoms with Gasteiger partial charge in [0.2, 0.25) is 0 Å². The summed E-state index contributed by atoms with van der Waals surface area (Å²) in [5.74, 6) is 1.51. The topological polar surface area (TPSA) is 80.3 Å². The highest BCUT2D eigenvalue weighted by molar-refractivity contribution is 6.12. The number of anilines is 2. The van der Waals surface area contributed by atoms with Gasteiger partial charge in [0.15, 0.2) is 0 Å². The molecule has 7 nitrogen and oxygen atoms in total. The second-order valence-electron chi connectivity index (χ2n) is 6.96. The van der Waals surface area contributed by atoms with Crippen LogP contribution in [0.5, 0.6) is 23.0 Å². The fraction of sp³-hybridized carbons (Fsp3) is 0.208. The number of rotatable bonds is 6. The van der Waals surface area contributed by atoms with E-state index in [2.05, 4.69) is 5.32 Å². The van der Waals surface area contributed by atoms with Crippen molar-refractivity contribution >= 4 is 17.3 Å².